The fourth-order valence-electron chi connectivity index (χ4n) is 8.06. The van der Waals surface area contributed by atoms with Gasteiger partial charge in [0.05, 0.1) is 7.11 Å². The second kappa shape index (κ2) is 39.6. The van der Waals surface area contributed by atoms with Crippen molar-refractivity contribution in [3.05, 3.63) is 222 Å². The third-order valence-corrected chi connectivity index (χ3v) is 15.4. The summed E-state index contributed by atoms with van der Waals surface area (Å²) in [6, 6.07) is 13.6. The Bertz CT molecular complexity index is 3320. The lowest BCUT2D eigenvalue weighted by atomic mass is 9.88. The van der Waals surface area contributed by atoms with Crippen LogP contribution in [0, 0.1) is 26.7 Å². The minimum Gasteiger partial charge on any atom is -0.467 e. The number of halogens is 1. The molecule has 0 radical (unpaired) electrons. The number of rotatable bonds is 2. The average molecular weight is 1380 g/mol. The molecule has 9 aromatic heterocycles. The second-order valence-electron chi connectivity index (χ2n) is 34.2. The van der Waals surface area contributed by atoms with Crippen molar-refractivity contribution in [2.45, 2.75) is 269 Å². The quantitative estimate of drug-likeness (QED) is 0.148. The van der Waals surface area contributed by atoms with Crippen LogP contribution in [-0.4, -0.2) is 95.0 Å². The van der Waals surface area contributed by atoms with Crippen LogP contribution < -0.4 is 9.64 Å². The molecule has 18 heteroatoms. The van der Waals surface area contributed by atoms with E-state index < -0.39 is 5.95 Å². The standard InChI is InChI=1S/C12H19N3.C9H12FN.C9H14N2O.3C9H14N2.2C9H13N.C8H12N2/c1-12(2,3)10-8-13-11(14-9-10)15-6-4-5-7-15;1-9(2,3)7-4-5-8(10)11-6-7;1-9(2,3)7-5-10-8(12-4)11-6-7;3*1-7-10-5-8(6-11-7)9(2,3)4;2*1-9(2,3)8-5-4-6-10-7-8;1-8(2,3)7-9-5-4-6-10-7/h8-9H,4-7H2,1-3H3;4-6H,1-3H3;5-6H,1-4H3;3*5-6H,1-4H3;2*4-7H,1-3H3;4-6H,1-3H3. The molecular weight excluding hydrogens is 1260 g/mol. The summed E-state index contributed by atoms with van der Waals surface area (Å²) in [6.45, 7) is 65.8. The molecular formula is C83H125FN16O. The van der Waals surface area contributed by atoms with E-state index in [0.29, 0.717) is 6.01 Å². The molecule has 0 unspecified atom stereocenters. The summed E-state index contributed by atoms with van der Waals surface area (Å²) >= 11 is 0. The first-order valence-corrected chi connectivity index (χ1v) is 34.9. The van der Waals surface area contributed by atoms with Crippen molar-refractivity contribution in [3.8, 4) is 6.01 Å². The molecule has 10 rings (SSSR count). The number of ether oxygens (including phenoxy) is 1. The highest BCUT2D eigenvalue weighted by molar-refractivity contribution is 5.32. The molecule has 101 heavy (non-hydrogen) atoms. The first-order chi connectivity index (χ1) is 46.4. The Morgan fingerprint density at radius 3 is 0.802 bits per heavy atom. The highest BCUT2D eigenvalue weighted by Crippen LogP contribution is 2.27. The highest BCUT2D eigenvalue weighted by atomic mass is 19.1. The molecule has 1 fully saturated rings. The Hall–Kier alpha value is -8.54. The van der Waals surface area contributed by atoms with Gasteiger partial charge in [0.2, 0.25) is 11.9 Å². The van der Waals surface area contributed by atoms with Crippen LogP contribution in [0.3, 0.4) is 0 Å². The van der Waals surface area contributed by atoms with Gasteiger partial charge >= 0.3 is 6.01 Å². The Labute approximate surface area is 608 Å². The second-order valence-corrected chi connectivity index (χ2v) is 34.2. The van der Waals surface area contributed by atoms with Crippen LogP contribution in [0.1, 0.15) is 268 Å². The van der Waals surface area contributed by atoms with E-state index in [1.54, 1.807) is 56.6 Å². The first kappa shape index (κ1) is 88.5. The molecule has 0 aromatic carbocycles. The van der Waals surface area contributed by atoms with Crippen molar-refractivity contribution in [3.63, 3.8) is 0 Å². The average Bonchev–Trinajstić information content (AvgIpc) is 1.83. The summed E-state index contributed by atoms with van der Waals surface area (Å²) in [7, 11) is 1.56. The predicted octanol–water partition coefficient (Wildman–Crippen LogP) is 19.5. The molecule has 0 N–H and O–H groups in total. The summed E-state index contributed by atoms with van der Waals surface area (Å²) < 4.78 is 17.2. The molecule has 0 amide bonds. The molecule has 0 aliphatic carbocycles. The zero-order chi connectivity index (χ0) is 76.9. The van der Waals surface area contributed by atoms with Gasteiger partial charge in [-0.3, -0.25) is 9.97 Å². The maximum atomic E-state index is 12.4. The van der Waals surface area contributed by atoms with E-state index in [1.807, 2.05) is 101 Å². The predicted molar refractivity (Wildman–Crippen MR) is 415 cm³/mol. The van der Waals surface area contributed by atoms with Gasteiger partial charge in [0.1, 0.15) is 23.3 Å². The number of hydrogen-bond donors (Lipinski definition) is 0. The lowest BCUT2D eigenvalue weighted by molar-refractivity contribution is 0.378. The van der Waals surface area contributed by atoms with Gasteiger partial charge < -0.3 is 9.64 Å². The molecule has 0 atom stereocenters. The van der Waals surface area contributed by atoms with Crippen molar-refractivity contribution in [2.75, 3.05) is 25.1 Å². The van der Waals surface area contributed by atoms with E-state index in [9.17, 15) is 4.39 Å². The van der Waals surface area contributed by atoms with Crippen LogP contribution in [-0.2, 0) is 48.7 Å². The zero-order valence-corrected chi connectivity index (χ0v) is 67.6. The minimum atomic E-state index is -0.419. The zero-order valence-electron chi connectivity index (χ0n) is 67.6. The van der Waals surface area contributed by atoms with Gasteiger partial charge in [0.15, 0.2) is 0 Å². The third-order valence-electron chi connectivity index (χ3n) is 15.4. The molecule has 1 aliphatic heterocycles. The van der Waals surface area contributed by atoms with E-state index in [4.69, 9.17) is 4.74 Å². The first-order valence-electron chi connectivity index (χ1n) is 34.9. The van der Waals surface area contributed by atoms with Crippen molar-refractivity contribution in [1.29, 1.82) is 0 Å². The lowest BCUT2D eigenvalue weighted by Gasteiger charge is -2.20. The summed E-state index contributed by atoms with van der Waals surface area (Å²) in [4.78, 5) is 64.0. The monoisotopic (exact) mass is 1380 g/mol. The van der Waals surface area contributed by atoms with Gasteiger partial charge in [0.25, 0.3) is 0 Å². The smallest absolute Gasteiger partial charge is 0.316 e. The normalized spacial score (nSPS) is 12.4. The number of aryl methyl sites for hydroxylation is 3. The molecule has 17 nitrogen and oxygen atoms in total. The number of methoxy groups -OCH3 is 1. The van der Waals surface area contributed by atoms with Gasteiger partial charge in [-0.2, -0.15) is 4.39 Å². The van der Waals surface area contributed by atoms with Crippen molar-refractivity contribution in [1.82, 2.24) is 74.8 Å². The molecule has 1 aliphatic rings. The number of hydrogen-bond acceptors (Lipinski definition) is 17. The van der Waals surface area contributed by atoms with Crippen LogP contribution in [0.15, 0.2) is 148 Å². The summed E-state index contributed by atoms with van der Waals surface area (Å²) in [5, 5.41) is 0. The molecule has 0 saturated carbocycles. The third kappa shape index (κ3) is 36.1. The Morgan fingerprint density at radius 1 is 0.297 bits per heavy atom. The topological polar surface area (TPSA) is 206 Å². The van der Waals surface area contributed by atoms with Gasteiger partial charge in [-0.15, -0.1) is 0 Å². The van der Waals surface area contributed by atoms with Crippen molar-refractivity contribution in [2.24, 2.45) is 0 Å². The fourth-order valence-corrected chi connectivity index (χ4v) is 8.06. The lowest BCUT2D eigenvalue weighted by Crippen LogP contribution is -2.21. The fraction of sp³-hybridized carbons (Fsp3) is 0.530. The van der Waals surface area contributed by atoms with Gasteiger partial charge in [-0.25, -0.2) is 64.8 Å². The van der Waals surface area contributed by atoms with E-state index in [1.165, 1.54) is 52.3 Å². The van der Waals surface area contributed by atoms with Gasteiger partial charge in [0, 0.05) is 124 Å². The Balaban J connectivity index is 0.000000387. The SMILES string of the molecule is CC(C)(C)c1ccc(F)nc1.CC(C)(C)c1cccnc1.CC(C)(C)c1cccnc1.CC(C)(C)c1cnc(N2CCCC2)nc1.CC(C)(C)c1ncccn1.COc1ncc(C(C)(C)C)cn1.Cc1ncc(C(C)(C)C)cn1.Cc1ncc(C(C)(C)C)cn1.Cc1ncc(C(C)(C)C)cn1. The van der Waals surface area contributed by atoms with E-state index in [2.05, 4.69) is 279 Å². The van der Waals surface area contributed by atoms with Crippen molar-refractivity contribution >= 4 is 5.95 Å². The molecule has 1 saturated heterocycles. The van der Waals surface area contributed by atoms with Crippen LogP contribution in [0.2, 0.25) is 0 Å². The Kier molecular flexibility index (Phi) is 34.7. The van der Waals surface area contributed by atoms with E-state index in [-0.39, 0.29) is 48.7 Å². The summed E-state index contributed by atoms with van der Waals surface area (Å²) in [5.74, 6) is 3.86. The van der Waals surface area contributed by atoms with Crippen LogP contribution in [0.4, 0.5) is 10.3 Å². The number of nitrogens with zero attached hydrogens (tertiary/aromatic N) is 16. The summed E-state index contributed by atoms with van der Waals surface area (Å²) in [5.41, 5.74) is 10.8. The maximum Gasteiger partial charge on any atom is 0.316 e. The largest absolute Gasteiger partial charge is 0.467 e. The van der Waals surface area contributed by atoms with E-state index in [0.717, 1.165) is 53.5 Å². The molecule has 9 aromatic rings. The van der Waals surface area contributed by atoms with Crippen LogP contribution >= 0.6 is 0 Å². The van der Waals surface area contributed by atoms with Crippen molar-refractivity contribution < 1.29 is 9.13 Å². The van der Waals surface area contributed by atoms with Crippen LogP contribution in [0.5, 0.6) is 6.01 Å². The number of pyridine rings is 3. The molecule has 10 heterocycles. The highest BCUT2D eigenvalue weighted by Gasteiger charge is 2.21. The number of anilines is 1. The molecule has 0 spiro atoms. The van der Waals surface area contributed by atoms with Gasteiger partial charge in [-0.05, 0) is 146 Å². The molecule has 0 bridgehead atoms. The van der Waals surface area contributed by atoms with Crippen LogP contribution in [0.25, 0.3) is 0 Å². The van der Waals surface area contributed by atoms with E-state index >= 15 is 0 Å². The van der Waals surface area contributed by atoms with Gasteiger partial charge in [-0.1, -0.05) is 205 Å². The maximum absolute atomic E-state index is 12.4. The molecule has 550 valence electrons. The summed E-state index contributed by atoms with van der Waals surface area (Å²) in [6.07, 6.45) is 34.0. The number of aromatic nitrogens is 15. The minimum absolute atomic E-state index is 0.0562. The Morgan fingerprint density at radius 2 is 0.574 bits per heavy atom.